The molecule has 0 heterocycles. The van der Waals surface area contributed by atoms with Gasteiger partial charge in [-0.1, -0.05) is 18.2 Å². The lowest BCUT2D eigenvalue weighted by Gasteiger charge is -2.06. The lowest BCUT2D eigenvalue weighted by atomic mass is 10.1. The van der Waals surface area contributed by atoms with Gasteiger partial charge in [0.15, 0.2) is 6.19 Å². The van der Waals surface area contributed by atoms with E-state index in [-0.39, 0.29) is 11.9 Å². The molecule has 2 aromatic rings. The second-order valence-corrected chi connectivity index (χ2v) is 5.45. The maximum absolute atomic E-state index is 12.4. The number of amides is 1. The summed E-state index contributed by atoms with van der Waals surface area (Å²) in [6, 6.07) is 13.5. The summed E-state index contributed by atoms with van der Waals surface area (Å²) in [6.07, 6.45) is 4.64. The molecule has 8 nitrogen and oxygen atoms in total. The summed E-state index contributed by atoms with van der Waals surface area (Å²) in [7, 11) is 0. The van der Waals surface area contributed by atoms with E-state index >= 15 is 0 Å². The topological polar surface area (TPSA) is 130 Å². The predicted molar refractivity (Wildman–Crippen MR) is 107 cm³/mol. The lowest BCUT2D eigenvalue weighted by molar-refractivity contribution is -0.137. The Morgan fingerprint density at radius 3 is 2.68 bits per heavy atom. The first-order valence-corrected chi connectivity index (χ1v) is 8.37. The molecule has 0 fully saturated rings. The van der Waals surface area contributed by atoms with Gasteiger partial charge in [-0.3, -0.25) is 10.1 Å². The van der Waals surface area contributed by atoms with Crippen LogP contribution in [0.1, 0.15) is 22.8 Å². The highest BCUT2D eigenvalue weighted by molar-refractivity contribution is 6.04. The number of nitrogens with zero attached hydrogens (tertiary/aromatic N) is 2. The zero-order valence-corrected chi connectivity index (χ0v) is 15.2. The Bertz CT molecular complexity index is 943. The van der Waals surface area contributed by atoms with Crippen LogP contribution in [-0.4, -0.2) is 24.4 Å². The molecule has 0 aliphatic heterocycles. The highest BCUT2D eigenvalue weighted by Crippen LogP contribution is 2.16. The number of rotatable bonds is 6. The summed E-state index contributed by atoms with van der Waals surface area (Å²) >= 11 is 0. The first-order valence-electron chi connectivity index (χ1n) is 8.37. The molecule has 0 bridgehead atoms. The minimum Gasteiger partial charge on any atom is -0.463 e. The average molecular weight is 377 g/mol. The molecule has 28 heavy (non-hydrogen) atoms. The van der Waals surface area contributed by atoms with Crippen molar-refractivity contribution in [1.82, 2.24) is 5.32 Å². The van der Waals surface area contributed by atoms with E-state index in [1.165, 1.54) is 6.08 Å². The Morgan fingerprint density at radius 1 is 1.25 bits per heavy atom. The molecular weight excluding hydrogens is 358 g/mol. The first-order chi connectivity index (χ1) is 13.5. The predicted octanol–water partition coefficient (Wildman–Crippen LogP) is 2.53. The largest absolute Gasteiger partial charge is 0.463 e. The van der Waals surface area contributed by atoms with Crippen molar-refractivity contribution in [3.63, 3.8) is 0 Å². The maximum atomic E-state index is 12.4. The van der Waals surface area contributed by atoms with E-state index in [1.807, 2.05) is 0 Å². The zero-order valence-electron chi connectivity index (χ0n) is 15.2. The van der Waals surface area contributed by atoms with E-state index in [4.69, 9.17) is 15.7 Å². The number of carbonyl (C=O) groups excluding carboxylic acids is 2. The number of carbonyl (C=O) groups is 2. The number of benzene rings is 2. The number of esters is 1. The van der Waals surface area contributed by atoms with Gasteiger partial charge in [0.1, 0.15) is 0 Å². The summed E-state index contributed by atoms with van der Waals surface area (Å²) in [6.45, 7) is 2.06. The molecule has 4 N–H and O–H groups in total. The summed E-state index contributed by atoms with van der Waals surface area (Å²) in [5, 5.41) is 13.5. The molecule has 1 amide bonds. The fourth-order valence-corrected chi connectivity index (χ4v) is 2.18. The first kappa shape index (κ1) is 20.2. The van der Waals surface area contributed by atoms with Gasteiger partial charge in [0.2, 0.25) is 5.96 Å². The van der Waals surface area contributed by atoms with Crippen molar-refractivity contribution in [3.8, 4) is 6.19 Å². The van der Waals surface area contributed by atoms with Crippen LogP contribution < -0.4 is 16.4 Å². The van der Waals surface area contributed by atoms with Gasteiger partial charge in [-0.25, -0.2) is 9.79 Å². The Labute approximate surface area is 162 Å². The van der Waals surface area contributed by atoms with Crippen LogP contribution >= 0.6 is 0 Å². The van der Waals surface area contributed by atoms with Gasteiger partial charge in [-0.15, -0.1) is 0 Å². The monoisotopic (exact) mass is 377 g/mol. The zero-order chi connectivity index (χ0) is 20.4. The Morgan fingerprint density at radius 2 is 2.00 bits per heavy atom. The molecular formula is C20H19N5O3. The summed E-state index contributed by atoms with van der Waals surface area (Å²) in [5.41, 5.74) is 7.73. The van der Waals surface area contributed by atoms with Crippen LogP contribution in [0.15, 0.2) is 59.6 Å². The summed E-state index contributed by atoms with van der Waals surface area (Å²) < 4.78 is 4.82. The van der Waals surface area contributed by atoms with Crippen molar-refractivity contribution >= 4 is 35.3 Å². The second-order valence-electron chi connectivity index (χ2n) is 5.45. The molecule has 8 heteroatoms. The standard InChI is InChI=1S/C20H19N5O3/c1-2-28-18(26)11-8-14-6-9-16(10-7-14)24-19(27)15-4-3-5-17(12-15)25-20(22)23-13-21/h3-12H,2H2,1H3,(H,24,27)(H3,22,23,25)/b11-8+. The van der Waals surface area contributed by atoms with E-state index in [0.29, 0.717) is 23.5 Å². The summed E-state index contributed by atoms with van der Waals surface area (Å²) in [5.74, 6) is -0.793. The maximum Gasteiger partial charge on any atom is 0.330 e. The molecule has 0 radical (unpaired) electrons. The fourth-order valence-electron chi connectivity index (χ4n) is 2.18. The fraction of sp³-hybridized carbons (Fsp3) is 0.100. The van der Waals surface area contributed by atoms with Crippen LogP contribution in [0.3, 0.4) is 0 Å². The Hall–Kier alpha value is -4.12. The van der Waals surface area contributed by atoms with Gasteiger partial charge in [0, 0.05) is 17.3 Å². The third kappa shape index (κ3) is 6.31. The van der Waals surface area contributed by atoms with Crippen LogP contribution in [0, 0.1) is 11.5 Å². The SMILES string of the molecule is CCOC(=O)/C=C/c1ccc(NC(=O)c2cccc(N=C(N)NC#N)c2)cc1. The number of ether oxygens (including phenoxy) is 1. The van der Waals surface area contributed by atoms with Gasteiger partial charge in [0.25, 0.3) is 5.91 Å². The minimum atomic E-state index is -0.409. The van der Waals surface area contributed by atoms with Gasteiger partial charge in [-0.05, 0) is 48.9 Å². The molecule has 0 aliphatic rings. The third-order valence-electron chi connectivity index (χ3n) is 3.41. The molecule has 2 rings (SSSR count). The number of hydrogen-bond acceptors (Lipinski definition) is 5. The smallest absolute Gasteiger partial charge is 0.330 e. The van der Waals surface area contributed by atoms with Crippen molar-refractivity contribution in [1.29, 1.82) is 5.26 Å². The molecule has 0 saturated heterocycles. The van der Waals surface area contributed by atoms with Crippen LogP contribution in [0.2, 0.25) is 0 Å². The van der Waals surface area contributed by atoms with Crippen molar-refractivity contribution in [2.45, 2.75) is 6.92 Å². The number of anilines is 1. The van der Waals surface area contributed by atoms with Crippen molar-refractivity contribution in [3.05, 3.63) is 65.7 Å². The van der Waals surface area contributed by atoms with Gasteiger partial charge >= 0.3 is 5.97 Å². The van der Waals surface area contributed by atoms with E-state index in [1.54, 1.807) is 67.7 Å². The van der Waals surface area contributed by atoms with Crippen LogP contribution in [0.25, 0.3) is 6.08 Å². The van der Waals surface area contributed by atoms with Crippen LogP contribution in [0.5, 0.6) is 0 Å². The number of nitriles is 1. The minimum absolute atomic E-state index is 0.0634. The molecule has 0 saturated carbocycles. The van der Waals surface area contributed by atoms with Gasteiger partial charge in [0.05, 0.1) is 12.3 Å². The van der Waals surface area contributed by atoms with Crippen molar-refractivity contribution < 1.29 is 14.3 Å². The second kappa shape index (κ2) is 10.1. The van der Waals surface area contributed by atoms with Gasteiger partial charge < -0.3 is 15.8 Å². The molecule has 0 unspecified atom stereocenters. The number of hydrogen-bond donors (Lipinski definition) is 3. The van der Waals surface area contributed by atoms with Crippen molar-refractivity contribution in [2.24, 2.45) is 10.7 Å². The van der Waals surface area contributed by atoms with Crippen LogP contribution in [-0.2, 0) is 9.53 Å². The highest BCUT2D eigenvalue weighted by Gasteiger charge is 2.07. The third-order valence-corrected chi connectivity index (χ3v) is 3.41. The molecule has 2 aromatic carbocycles. The Kier molecular flexibility index (Phi) is 7.31. The van der Waals surface area contributed by atoms with Crippen LogP contribution in [0.4, 0.5) is 11.4 Å². The van der Waals surface area contributed by atoms with E-state index in [2.05, 4.69) is 15.6 Å². The molecule has 0 aliphatic carbocycles. The lowest BCUT2D eigenvalue weighted by Crippen LogP contribution is -2.26. The molecule has 0 aromatic heterocycles. The van der Waals surface area contributed by atoms with E-state index in [0.717, 1.165) is 5.56 Å². The number of nitrogens with one attached hydrogen (secondary N) is 2. The Balaban J connectivity index is 2.04. The quantitative estimate of drug-likeness (QED) is 0.177. The number of nitrogens with two attached hydrogens (primary N) is 1. The van der Waals surface area contributed by atoms with Crippen molar-refractivity contribution in [2.75, 3.05) is 11.9 Å². The molecule has 142 valence electrons. The number of guanidine groups is 1. The number of aliphatic imine (C=N–C) groups is 1. The van der Waals surface area contributed by atoms with Gasteiger partial charge in [-0.2, -0.15) is 5.26 Å². The molecule has 0 spiro atoms. The van der Waals surface area contributed by atoms with E-state index < -0.39 is 5.97 Å². The summed E-state index contributed by atoms with van der Waals surface area (Å²) in [4.78, 5) is 27.7. The average Bonchev–Trinajstić information content (AvgIpc) is 2.68. The molecule has 0 atom stereocenters. The van der Waals surface area contributed by atoms with E-state index in [9.17, 15) is 9.59 Å². The normalized spacial score (nSPS) is 10.9. The highest BCUT2D eigenvalue weighted by atomic mass is 16.5.